The molecule has 1 aromatic rings. The summed E-state index contributed by atoms with van der Waals surface area (Å²) in [6.07, 6.45) is 7.79. The van der Waals surface area contributed by atoms with E-state index in [0.29, 0.717) is 0 Å². The number of rotatable bonds is 10. The van der Waals surface area contributed by atoms with Crippen molar-refractivity contribution < 1.29 is 9.47 Å². The van der Waals surface area contributed by atoms with Crippen LogP contribution < -0.4 is 9.47 Å². The van der Waals surface area contributed by atoms with E-state index in [0.717, 1.165) is 57.5 Å². The van der Waals surface area contributed by atoms with Crippen molar-refractivity contribution in [1.82, 2.24) is 0 Å². The standard InChI is InChI=1S/C16H20I2O2/c1-3-5-7-9-19-15-11-14(18)16(12-13(15)17)20-10-8-6-4-2/h3-4,11-12H,1-2,5-10H2. The number of unbranched alkanes of at least 4 members (excludes halogenated alkanes) is 2. The minimum absolute atomic E-state index is 0.720. The molecule has 0 N–H and O–H groups in total. The summed E-state index contributed by atoms with van der Waals surface area (Å²) in [5.41, 5.74) is 0. The average molecular weight is 498 g/mol. The monoisotopic (exact) mass is 498 g/mol. The van der Waals surface area contributed by atoms with Gasteiger partial charge in [0.15, 0.2) is 0 Å². The molecule has 0 unspecified atom stereocenters. The molecule has 0 aliphatic rings. The second-order valence-electron chi connectivity index (χ2n) is 4.27. The fraction of sp³-hybridized carbons (Fsp3) is 0.375. The Morgan fingerprint density at radius 3 is 1.60 bits per heavy atom. The van der Waals surface area contributed by atoms with Crippen LogP contribution in [-0.2, 0) is 0 Å². The molecule has 0 aliphatic carbocycles. The van der Waals surface area contributed by atoms with Crippen molar-refractivity contribution in [3.8, 4) is 11.5 Å². The van der Waals surface area contributed by atoms with E-state index in [4.69, 9.17) is 9.47 Å². The summed E-state index contributed by atoms with van der Waals surface area (Å²) in [6.45, 7) is 8.86. The number of hydrogen-bond acceptors (Lipinski definition) is 2. The SMILES string of the molecule is C=CCCCOc1cc(I)c(OCCCC=C)cc1I. The van der Waals surface area contributed by atoms with Crippen molar-refractivity contribution in [3.63, 3.8) is 0 Å². The molecule has 0 saturated heterocycles. The third-order valence-electron chi connectivity index (χ3n) is 2.61. The fourth-order valence-electron chi connectivity index (χ4n) is 1.55. The van der Waals surface area contributed by atoms with Crippen LogP contribution in [0.5, 0.6) is 11.5 Å². The molecule has 1 rings (SSSR count). The second kappa shape index (κ2) is 10.5. The number of hydrogen-bond donors (Lipinski definition) is 0. The summed E-state index contributed by atoms with van der Waals surface area (Å²) < 4.78 is 13.7. The minimum Gasteiger partial charge on any atom is -0.492 e. The van der Waals surface area contributed by atoms with Crippen molar-refractivity contribution in [2.75, 3.05) is 13.2 Å². The molecule has 0 radical (unpaired) electrons. The fourth-order valence-corrected chi connectivity index (χ4v) is 2.74. The molecule has 0 heterocycles. The molecule has 0 spiro atoms. The summed E-state index contributed by atoms with van der Waals surface area (Å²) in [5, 5.41) is 0. The summed E-state index contributed by atoms with van der Waals surface area (Å²) in [5.74, 6) is 1.86. The lowest BCUT2D eigenvalue weighted by Crippen LogP contribution is -2.02. The molecular formula is C16H20I2O2. The summed E-state index contributed by atoms with van der Waals surface area (Å²) in [7, 11) is 0. The summed E-state index contributed by atoms with van der Waals surface area (Å²) in [6, 6.07) is 4.08. The number of ether oxygens (including phenoxy) is 2. The third kappa shape index (κ3) is 6.47. The van der Waals surface area contributed by atoms with E-state index in [1.165, 1.54) is 0 Å². The lowest BCUT2D eigenvalue weighted by molar-refractivity contribution is 0.300. The Kier molecular flexibility index (Phi) is 9.33. The van der Waals surface area contributed by atoms with Crippen molar-refractivity contribution in [3.05, 3.63) is 44.6 Å². The Bertz CT molecular complexity index is 403. The molecule has 0 atom stereocenters. The lowest BCUT2D eigenvalue weighted by atomic mass is 10.3. The zero-order chi connectivity index (χ0) is 14.8. The molecule has 0 aromatic heterocycles. The van der Waals surface area contributed by atoms with Crippen LogP contribution in [0.2, 0.25) is 0 Å². The Balaban J connectivity index is 2.56. The first kappa shape index (κ1) is 17.8. The van der Waals surface area contributed by atoms with E-state index in [1.54, 1.807) is 0 Å². The largest absolute Gasteiger partial charge is 0.492 e. The van der Waals surface area contributed by atoms with E-state index < -0.39 is 0 Å². The molecule has 110 valence electrons. The molecule has 0 fully saturated rings. The highest BCUT2D eigenvalue weighted by molar-refractivity contribution is 14.1. The Morgan fingerprint density at radius 1 is 0.850 bits per heavy atom. The van der Waals surface area contributed by atoms with Gasteiger partial charge in [0.05, 0.1) is 20.4 Å². The second-order valence-corrected chi connectivity index (χ2v) is 6.60. The van der Waals surface area contributed by atoms with Gasteiger partial charge in [-0.25, -0.2) is 0 Å². The Hall–Kier alpha value is -0.240. The van der Waals surface area contributed by atoms with Crippen LogP contribution in [0.3, 0.4) is 0 Å². The van der Waals surface area contributed by atoms with Gasteiger partial charge in [-0.3, -0.25) is 0 Å². The highest BCUT2D eigenvalue weighted by atomic mass is 127. The molecule has 0 aliphatic heterocycles. The van der Waals surface area contributed by atoms with E-state index in [9.17, 15) is 0 Å². The van der Waals surface area contributed by atoms with Crippen molar-refractivity contribution in [1.29, 1.82) is 0 Å². The maximum atomic E-state index is 5.79. The Labute approximate surface area is 148 Å². The topological polar surface area (TPSA) is 18.5 Å². The highest BCUT2D eigenvalue weighted by Gasteiger charge is 2.08. The van der Waals surface area contributed by atoms with Gasteiger partial charge in [-0.15, -0.1) is 13.2 Å². The van der Waals surface area contributed by atoms with Gasteiger partial charge in [0, 0.05) is 0 Å². The van der Waals surface area contributed by atoms with Crippen LogP contribution in [0.1, 0.15) is 25.7 Å². The quantitative estimate of drug-likeness (QED) is 0.238. The summed E-state index contributed by atoms with van der Waals surface area (Å²) in [4.78, 5) is 0. The number of allylic oxidation sites excluding steroid dienone is 2. The zero-order valence-corrected chi connectivity index (χ0v) is 15.9. The van der Waals surface area contributed by atoms with E-state index in [1.807, 2.05) is 24.3 Å². The van der Waals surface area contributed by atoms with Gasteiger partial charge in [0.1, 0.15) is 11.5 Å². The molecule has 1 aromatic carbocycles. The maximum absolute atomic E-state index is 5.79. The normalized spacial score (nSPS) is 10.1. The predicted octanol–water partition coefficient (Wildman–Crippen LogP) is 5.59. The number of halogens is 2. The van der Waals surface area contributed by atoms with Gasteiger partial charge in [-0.2, -0.15) is 0 Å². The first-order chi connectivity index (χ1) is 9.69. The van der Waals surface area contributed by atoms with Crippen molar-refractivity contribution in [2.24, 2.45) is 0 Å². The van der Waals surface area contributed by atoms with Crippen molar-refractivity contribution >= 4 is 45.2 Å². The van der Waals surface area contributed by atoms with E-state index in [-0.39, 0.29) is 0 Å². The molecular weight excluding hydrogens is 478 g/mol. The van der Waals surface area contributed by atoms with Crippen LogP contribution in [0.25, 0.3) is 0 Å². The average Bonchev–Trinajstić information content (AvgIpc) is 2.44. The molecule has 0 bridgehead atoms. The van der Waals surface area contributed by atoms with Gasteiger partial charge in [-0.1, -0.05) is 12.2 Å². The van der Waals surface area contributed by atoms with Crippen LogP contribution in [-0.4, -0.2) is 13.2 Å². The van der Waals surface area contributed by atoms with Gasteiger partial charge in [0.2, 0.25) is 0 Å². The van der Waals surface area contributed by atoms with Crippen LogP contribution in [0.15, 0.2) is 37.4 Å². The predicted molar refractivity (Wildman–Crippen MR) is 102 cm³/mol. The minimum atomic E-state index is 0.720. The molecule has 2 nitrogen and oxygen atoms in total. The first-order valence-corrected chi connectivity index (χ1v) is 8.81. The highest BCUT2D eigenvalue weighted by Crippen LogP contribution is 2.31. The van der Waals surface area contributed by atoms with E-state index >= 15 is 0 Å². The maximum Gasteiger partial charge on any atom is 0.133 e. The lowest BCUT2D eigenvalue weighted by Gasteiger charge is -2.12. The molecule has 0 amide bonds. The van der Waals surface area contributed by atoms with Crippen molar-refractivity contribution in [2.45, 2.75) is 25.7 Å². The van der Waals surface area contributed by atoms with Gasteiger partial charge in [-0.05, 0) is 83.0 Å². The van der Waals surface area contributed by atoms with Gasteiger partial charge in [0.25, 0.3) is 0 Å². The van der Waals surface area contributed by atoms with E-state index in [2.05, 4.69) is 58.3 Å². The third-order valence-corrected chi connectivity index (χ3v) is 4.29. The van der Waals surface area contributed by atoms with Crippen LogP contribution >= 0.6 is 45.2 Å². The first-order valence-electron chi connectivity index (χ1n) is 6.65. The molecule has 4 heteroatoms. The van der Waals surface area contributed by atoms with Gasteiger partial charge < -0.3 is 9.47 Å². The summed E-state index contributed by atoms with van der Waals surface area (Å²) >= 11 is 4.57. The van der Waals surface area contributed by atoms with Crippen LogP contribution in [0.4, 0.5) is 0 Å². The Morgan fingerprint density at radius 2 is 1.25 bits per heavy atom. The van der Waals surface area contributed by atoms with Gasteiger partial charge >= 0.3 is 0 Å². The molecule has 0 saturated carbocycles. The zero-order valence-electron chi connectivity index (χ0n) is 11.5. The smallest absolute Gasteiger partial charge is 0.133 e. The van der Waals surface area contributed by atoms with Crippen LogP contribution in [0, 0.1) is 7.14 Å². The number of benzene rings is 1. The molecule has 20 heavy (non-hydrogen) atoms.